The summed E-state index contributed by atoms with van der Waals surface area (Å²) in [5.74, 6) is -3.45. The van der Waals surface area contributed by atoms with Gasteiger partial charge in [0.2, 0.25) is 19.9 Å². The van der Waals surface area contributed by atoms with E-state index < -0.39 is 30.5 Å². The highest BCUT2D eigenvalue weighted by Crippen LogP contribution is 2.24. The third-order valence-electron chi connectivity index (χ3n) is 5.58. The van der Waals surface area contributed by atoms with Crippen LogP contribution in [0.3, 0.4) is 0 Å². The van der Waals surface area contributed by atoms with Gasteiger partial charge in [-0.15, -0.1) is 0 Å². The van der Waals surface area contributed by atoms with Gasteiger partial charge in [0, 0.05) is 32.7 Å². The molecule has 0 atom stereocenters. The predicted molar refractivity (Wildman–Crippen MR) is 118 cm³/mol. The molecule has 0 N–H and O–H groups in total. The zero-order valence-corrected chi connectivity index (χ0v) is 18.7. The maximum absolute atomic E-state index is 13.1. The van der Waals surface area contributed by atoms with E-state index in [4.69, 9.17) is 0 Å². The summed E-state index contributed by atoms with van der Waals surface area (Å²) in [6.07, 6.45) is 0. The molecule has 3 aromatic rings. The Labute approximate surface area is 186 Å². The lowest BCUT2D eigenvalue weighted by molar-refractivity contribution is 0.181. The first kappa shape index (κ1) is 22.8. The molecule has 1 aliphatic heterocycles. The van der Waals surface area contributed by atoms with Crippen molar-refractivity contribution in [3.63, 3.8) is 0 Å². The summed E-state index contributed by atoms with van der Waals surface area (Å²) >= 11 is 0. The predicted octanol–water partition coefficient (Wildman–Crippen LogP) is 3.34. The van der Waals surface area contributed by atoms with E-state index in [0.29, 0.717) is 32.7 Å². The van der Waals surface area contributed by atoms with Crippen LogP contribution in [0, 0.1) is 0 Å². The summed E-state index contributed by atoms with van der Waals surface area (Å²) in [4.78, 5) is 1.89. The molecule has 0 spiro atoms. The molecule has 6 nitrogen and oxygen atoms in total. The molecule has 1 fully saturated rings. The number of piperazine rings is 1. The van der Waals surface area contributed by atoms with E-state index in [-0.39, 0.29) is 4.90 Å². The molecule has 1 heterocycles. The summed E-state index contributed by atoms with van der Waals surface area (Å²) in [7, 11) is -8.22. The lowest BCUT2D eigenvalue weighted by atomic mass is 10.1. The fourth-order valence-corrected chi connectivity index (χ4v) is 5.93. The minimum absolute atomic E-state index is 0.264. The summed E-state index contributed by atoms with van der Waals surface area (Å²) in [6.45, 7) is 2.13. The molecule has 4 rings (SSSR count). The zero-order chi connectivity index (χ0) is 22.9. The second kappa shape index (κ2) is 8.86. The average molecular weight is 481 g/mol. The SMILES string of the molecule is O=S(=O)(c1ccc(CN2CCN(S(=O)(=O)c3ccc4ccccc4c3)CC2)cc1)C(F)F. The second-order valence-electron chi connectivity index (χ2n) is 7.64. The number of halogens is 2. The number of sulfonamides is 1. The van der Waals surface area contributed by atoms with Gasteiger partial charge < -0.3 is 0 Å². The van der Waals surface area contributed by atoms with Gasteiger partial charge in [-0.3, -0.25) is 4.90 Å². The van der Waals surface area contributed by atoms with Crippen LogP contribution < -0.4 is 0 Å². The molecule has 1 aliphatic rings. The maximum atomic E-state index is 13.1. The Morgan fingerprint density at radius 1 is 0.750 bits per heavy atom. The highest BCUT2D eigenvalue weighted by Gasteiger charge is 2.29. The number of benzene rings is 3. The zero-order valence-electron chi connectivity index (χ0n) is 17.1. The first-order chi connectivity index (χ1) is 15.2. The van der Waals surface area contributed by atoms with Crippen molar-refractivity contribution in [2.24, 2.45) is 0 Å². The third-order valence-corrected chi connectivity index (χ3v) is 8.88. The molecule has 0 radical (unpaired) electrons. The average Bonchev–Trinajstić information content (AvgIpc) is 2.79. The van der Waals surface area contributed by atoms with Crippen molar-refractivity contribution in [3.8, 4) is 0 Å². The number of fused-ring (bicyclic) bond motifs is 1. The van der Waals surface area contributed by atoms with Gasteiger partial charge in [0.25, 0.3) is 0 Å². The van der Waals surface area contributed by atoms with E-state index in [9.17, 15) is 25.6 Å². The van der Waals surface area contributed by atoms with Crippen molar-refractivity contribution >= 4 is 30.6 Å². The summed E-state index contributed by atoms with van der Waals surface area (Å²) < 4.78 is 76.0. The van der Waals surface area contributed by atoms with Gasteiger partial charge in [0.05, 0.1) is 9.79 Å². The van der Waals surface area contributed by atoms with E-state index in [1.807, 2.05) is 29.2 Å². The molecule has 0 unspecified atom stereocenters. The Hall–Kier alpha value is -2.40. The molecule has 3 aromatic carbocycles. The number of rotatable bonds is 6. The van der Waals surface area contributed by atoms with E-state index in [0.717, 1.165) is 16.3 Å². The van der Waals surface area contributed by atoms with E-state index >= 15 is 0 Å². The van der Waals surface area contributed by atoms with Crippen LogP contribution in [0.15, 0.2) is 76.5 Å². The van der Waals surface area contributed by atoms with Gasteiger partial charge in [0.1, 0.15) is 0 Å². The first-order valence-corrected chi connectivity index (χ1v) is 13.0. The van der Waals surface area contributed by atoms with Crippen LogP contribution in [0.5, 0.6) is 0 Å². The topological polar surface area (TPSA) is 74.8 Å². The van der Waals surface area contributed by atoms with Crippen LogP contribution in [0.4, 0.5) is 8.78 Å². The Kier molecular flexibility index (Phi) is 6.30. The van der Waals surface area contributed by atoms with Crippen LogP contribution in [0.2, 0.25) is 0 Å². The molecule has 0 aliphatic carbocycles. The summed E-state index contributed by atoms with van der Waals surface area (Å²) in [5.41, 5.74) is 0.768. The molecular formula is C22H22F2N2O4S2. The molecule has 170 valence electrons. The highest BCUT2D eigenvalue weighted by molar-refractivity contribution is 7.91. The van der Waals surface area contributed by atoms with Gasteiger partial charge >= 0.3 is 5.76 Å². The summed E-state index contributed by atoms with van der Waals surface area (Å²) in [6, 6.07) is 18.1. The fraction of sp³-hybridized carbons (Fsp3) is 0.273. The van der Waals surface area contributed by atoms with Gasteiger partial charge in [-0.25, -0.2) is 16.8 Å². The molecule has 1 saturated heterocycles. The van der Waals surface area contributed by atoms with Crippen LogP contribution in [-0.4, -0.2) is 58.0 Å². The number of sulfone groups is 1. The number of hydrogen-bond acceptors (Lipinski definition) is 5. The second-order valence-corrected chi connectivity index (χ2v) is 11.5. The summed E-state index contributed by atoms with van der Waals surface area (Å²) in [5, 5.41) is 1.84. The van der Waals surface area contributed by atoms with Crippen molar-refractivity contribution in [2.45, 2.75) is 22.1 Å². The van der Waals surface area contributed by atoms with E-state index in [1.54, 1.807) is 18.2 Å². The molecular weight excluding hydrogens is 458 g/mol. The van der Waals surface area contributed by atoms with Crippen molar-refractivity contribution in [3.05, 3.63) is 72.3 Å². The lowest BCUT2D eigenvalue weighted by Crippen LogP contribution is -2.48. The van der Waals surface area contributed by atoms with Crippen molar-refractivity contribution in [2.75, 3.05) is 26.2 Å². The van der Waals surface area contributed by atoms with Crippen LogP contribution in [-0.2, 0) is 26.4 Å². The minimum Gasteiger partial charge on any atom is -0.296 e. The van der Waals surface area contributed by atoms with Crippen molar-refractivity contribution in [1.82, 2.24) is 9.21 Å². The standard InChI is InChI=1S/C22H22F2N2O4S2/c23-22(24)31(27,28)20-8-5-17(6-9-20)16-25-11-13-26(14-12-25)32(29,30)21-10-7-18-3-1-2-4-19(18)15-21/h1-10,15,22H,11-14,16H2. The number of hydrogen-bond donors (Lipinski definition) is 0. The number of alkyl halides is 2. The van der Waals surface area contributed by atoms with Gasteiger partial charge in [0.15, 0.2) is 0 Å². The van der Waals surface area contributed by atoms with Crippen LogP contribution >= 0.6 is 0 Å². The molecule has 0 amide bonds. The Bertz CT molecular complexity index is 1320. The fourth-order valence-electron chi connectivity index (χ4n) is 3.75. The van der Waals surface area contributed by atoms with Gasteiger partial charge in [-0.1, -0.05) is 42.5 Å². The van der Waals surface area contributed by atoms with Crippen LogP contribution in [0.25, 0.3) is 10.8 Å². The van der Waals surface area contributed by atoms with Gasteiger partial charge in [-0.2, -0.15) is 13.1 Å². The van der Waals surface area contributed by atoms with Crippen molar-refractivity contribution in [1.29, 1.82) is 0 Å². The molecule has 32 heavy (non-hydrogen) atoms. The molecule has 0 aromatic heterocycles. The van der Waals surface area contributed by atoms with Crippen LogP contribution in [0.1, 0.15) is 5.56 Å². The minimum atomic E-state index is -4.61. The Balaban J connectivity index is 1.40. The highest BCUT2D eigenvalue weighted by atomic mass is 32.2. The van der Waals surface area contributed by atoms with E-state index in [1.165, 1.54) is 28.6 Å². The third kappa shape index (κ3) is 4.54. The Morgan fingerprint density at radius 3 is 1.97 bits per heavy atom. The van der Waals surface area contributed by atoms with Gasteiger partial charge in [-0.05, 0) is 40.6 Å². The first-order valence-electron chi connectivity index (χ1n) is 10.0. The number of nitrogens with zero attached hydrogens (tertiary/aromatic N) is 2. The van der Waals surface area contributed by atoms with E-state index in [2.05, 4.69) is 0 Å². The normalized spacial score (nSPS) is 16.6. The molecule has 10 heteroatoms. The largest absolute Gasteiger partial charge is 0.341 e. The Morgan fingerprint density at radius 2 is 1.34 bits per heavy atom. The maximum Gasteiger partial charge on any atom is 0.341 e. The van der Waals surface area contributed by atoms with Crippen molar-refractivity contribution < 1.29 is 25.6 Å². The molecule has 0 saturated carbocycles. The quantitative estimate of drug-likeness (QED) is 0.541. The molecule has 0 bridgehead atoms. The monoisotopic (exact) mass is 480 g/mol. The lowest BCUT2D eigenvalue weighted by Gasteiger charge is -2.34. The smallest absolute Gasteiger partial charge is 0.296 e.